The maximum atomic E-state index is 9.28. The van der Waals surface area contributed by atoms with Crippen molar-refractivity contribution in [3.05, 3.63) is 18.2 Å². The highest BCUT2D eigenvalue weighted by molar-refractivity contribution is 5.74. The van der Waals surface area contributed by atoms with E-state index in [1.807, 2.05) is 25.1 Å². The summed E-state index contributed by atoms with van der Waals surface area (Å²) in [6.07, 6.45) is 2.20. The van der Waals surface area contributed by atoms with E-state index in [0.29, 0.717) is 18.2 Å². The lowest BCUT2D eigenvalue weighted by atomic mass is 9.98. The largest absolute Gasteiger partial charge is 0.492 e. The Morgan fingerprint density at radius 1 is 1.50 bits per heavy atom. The lowest BCUT2D eigenvalue weighted by Gasteiger charge is -2.34. The maximum absolute atomic E-state index is 9.28. The molecule has 0 amide bonds. The van der Waals surface area contributed by atoms with Gasteiger partial charge in [0, 0.05) is 19.7 Å². The van der Waals surface area contributed by atoms with Crippen molar-refractivity contribution in [1.82, 2.24) is 0 Å². The third-order valence-corrected chi connectivity index (χ3v) is 3.46. The van der Waals surface area contributed by atoms with Gasteiger partial charge in [0.05, 0.1) is 18.0 Å². The Morgan fingerprint density at radius 2 is 2.33 bits per heavy atom. The Hall–Kier alpha value is -1.42. The molecule has 100 valence electrons. The van der Waals surface area contributed by atoms with Crippen LogP contribution in [0.1, 0.15) is 19.8 Å². The first kappa shape index (κ1) is 13.0. The molecule has 1 fully saturated rings. The van der Waals surface area contributed by atoms with E-state index in [1.54, 1.807) is 0 Å². The summed E-state index contributed by atoms with van der Waals surface area (Å²) in [5.41, 5.74) is 7.89. The van der Waals surface area contributed by atoms with Gasteiger partial charge in [0.2, 0.25) is 0 Å². The lowest BCUT2D eigenvalue weighted by Crippen LogP contribution is -2.37. The minimum atomic E-state index is 0.252. The molecular weight excluding hydrogens is 228 g/mol. The summed E-state index contributed by atoms with van der Waals surface area (Å²) in [4.78, 5) is 2.25. The molecule has 0 spiro atoms. The van der Waals surface area contributed by atoms with Crippen LogP contribution in [0.15, 0.2) is 18.2 Å². The molecule has 1 saturated heterocycles. The van der Waals surface area contributed by atoms with Crippen molar-refractivity contribution in [2.24, 2.45) is 5.92 Å². The van der Waals surface area contributed by atoms with Gasteiger partial charge in [0.1, 0.15) is 5.75 Å². The smallest absolute Gasteiger partial charge is 0.144 e. The average Bonchev–Trinajstić information content (AvgIpc) is 2.41. The number of ether oxygens (including phenoxy) is 1. The molecule has 4 nitrogen and oxygen atoms in total. The van der Waals surface area contributed by atoms with Crippen LogP contribution in [0, 0.1) is 5.92 Å². The summed E-state index contributed by atoms with van der Waals surface area (Å²) in [5, 5.41) is 9.28. The number of aliphatic hydroxyl groups is 1. The van der Waals surface area contributed by atoms with E-state index in [9.17, 15) is 5.11 Å². The molecule has 1 aromatic rings. The summed E-state index contributed by atoms with van der Waals surface area (Å²) in [6, 6.07) is 5.90. The Morgan fingerprint density at radius 3 is 3.06 bits per heavy atom. The molecule has 0 aromatic heterocycles. The first-order valence-electron chi connectivity index (χ1n) is 6.63. The molecule has 4 heteroatoms. The fourth-order valence-corrected chi connectivity index (χ4v) is 2.52. The topological polar surface area (TPSA) is 58.7 Å². The molecule has 18 heavy (non-hydrogen) atoms. The molecule has 0 radical (unpaired) electrons. The third kappa shape index (κ3) is 2.70. The van der Waals surface area contributed by atoms with Crippen molar-refractivity contribution in [2.75, 3.05) is 36.9 Å². The number of aliphatic hydroxyl groups excluding tert-OH is 1. The number of hydrogen-bond acceptors (Lipinski definition) is 4. The van der Waals surface area contributed by atoms with Crippen molar-refractivity contribution in [1.29, 1.82) is 0 Å². The second-order valence-corrected chi connectivity index (χ2v) is 4.76. The second kappa shape index (κ2) is 5.96. The van der Waals surface area contributed by atoms with E-state index in [4.69, 9.17) is 10.5 Å². The zero-order chi connectivity index (χ0) is 13.0. The number of piperidine rings is 1. The van der Waals surface area contributed by atoms with E-state index < -0.39 is 0 Å². The molecule has 3 N–H and O–H groups in total. The predicted molar refractivity (Wildman–Crippen MR) is 74.0 cm³/mol. The normalized spacial score (nSPS) is 19.9. The second-order valence-electron chi connectivity index (χ2n) is 4.76. The summed E-state index contributed by atoms with van der Waals surface area (Å²) >= 11 is 0. The van der Waals surface area contributed by atoms with Crippen LogP contribution in [0.4, 0.5) is 11.4 Å². The number of para-hydroxylation sites is 1. The summed E-state index contributed by atoms with van der Waals surface area (Å²) < 4.78 is 5.52. The van der Waals surface area contributed by atoms with Gasteiger partial charge in [-0.1, -0.05) is 6.07 Å². The van der Waals surface area contributed by atoms with E-state index in [0.717, 1.165) is 37.4 Å². The van der Waals surface area contributed by atoms with Crippen molar-refractivity contribution in [2.45, 2.75) is 19.8 Å². The number of nitrogens with two attached hydrogens (primary N) is 1. The van der Waals surface area contributed by atoms with Gasteiger partial charge in [-0.05, 0) is 37.8 Å². The SMILES string of the molecule is CCOc1cccc(N2CCCC(CO)C2)c1N. The maximum Gasteiger partial charge on any atom is 0.144 e. The molecule has 0 aliphatic carbocycles. The molecule has 1 aliphatic rings. The van der Waals surface area contributed by atoms with Crippen LogP contribution in [0.25, 0.3) is 0 Å². The van der Waals surface area contributed by atoms with Crippen LogP contribution in [0.3, 0.4) is 0 Å². The van der Waals surface area contributed by atoms with Gasteiger partial charge in [-0.3, -0.25) is 0 Å². The van der Waals surface area contributed by atoms with Crippen molar-refractivity contribution in [3.63, 3.8) is 0 Å². The first-order chi connectivity index (χ1) is 8.76. The minimum Gasteiger partial charge on any atom is -0.492 e. The van der Waals surface area contributed by atoms with Crippen LogP contribution in [0.2, 0.25) is 0 Å². The van der Waals surface area contributed by atoms with E-state index >= 15 is 0 Å². The lowest BCUT2D eigenvalue weighted by molar-refractivity contribution is 0.209. The molecule has 1 aromatic carbocycles. The van der Waals surface area contributed by atoms with Crippen molar-refractivity contribution >= 4 is 11.4 Å². The molecular formula is C14H22N2O2. The van der Waals surface area contributed by atoms with Crippen LogP contribution in [-0.2, 0) is 0 Å². The molecule has 1 unspecified atom stereocenters. The van der Waals surface area contributed by atoms with Gasteiger partial charge in [0.25, 0.3) is 0 Å². The van der Waals surface area contributed by atoms with Crippen LogP contribution in [0.5, 0.6) is 5.75 Å². The highest BCUT2D eigenvalue weighted by Crippen LogP contribution is 2.34. The number of rotatable bonds is 4. The van der Waals surface area contributed by atoms with Gasteiger partial charge < -0.3 is 20.5 Å². The predicted octanol–water partition coefficient (Wildman–Crippen LogP) is 1.88. The molecule has 2 rings (SSSR count). The number of anilines is 2. The third-order valence-electron chi connectivity index (χ3n) is 3.46. The van der Waals surface area contributed by atoms with Crippen molar-refractivity contribution < 1.29 is 9.84 Å². The number of benzene rings is 1. The average molecular weight is 250 g/mol. The van der Waals surface area contributed by atoms with Crippen molar-refractivity contribution in [3.8, 4) is 5.75 Å². The first-order valence-corrected chi connectivity index (χ1v) is 6.63. The monoisotopic (exact) mass is 250 g/mol. The Labute approximate surface area is 108 Å². The zero-order valence-electron chi connectivity index (χ0n) is 10.9. The number of nitrogens with zero attached hydrogens (tertiary/aromatic N) is 1. The summed E-state index contributed by atoms with van der Waals surface area (Å²) in [5.74, 6) is 1.11. The van der Waals surface area contributed by atoms with Gasteiger partial charge >= 0.3 is 0 Å². The Kier molecular flexibility index (Phi) is 4.31. The van der Waals surface area contributed by atoms with E-state index in [1.165, 1.54) is 0 Å². The summed E-state index contributed by atoms with van der Waals surface area (Å²) in [6.45, 7) is 4.69. The van der Waals surface area contributed by atoms with Gasteiger partial charge in [0.15, 0.2) is 0 Å². The highest BCUT2D eigenvalue weighted by Gasteiger charge is 2.21. The molecule has 0 bridgehead atoms. The van der Waals surface area contributed by atoms with E-state index in [-0.39, 0.29) is 6.61 Å². The standard InChI is InChI=1S/C14H22N2O2/c1-2-18-13-7-3-6-12(14(13)15)16-8-4-5-11(9-16)10-17/h3,6-7,11,17H,2,4-5,8-10,15H2,1H3. The molecule has 0 saturated carbocycles. The highest BCUT2D eigenvalue weighted by atomic mass is 16.5. The van der Waals surface area contributed by atoms with Gasteiger partial charge in [-0.2, -0.15) is 0 Å². The van der Waals surface area contributed by atoms with Gasteiger partial charge in [-0.15, -0.1) is 0 Å². The fourth-order valence-electron chi connectivity index (χ4n) is 2.52. The molecule has 1 heterocycles. The van der Waals surface area contributed by atoms with E-state index in [2.05, 4.69) is 4.90 Å². The zero-order valence-corrected chi connectivity index (χ0v) is 10.9. The van der Waals surface area contributed by atoms with Crippen LogP contribution >= 0.6 is 0 Å². The molecule has 1 atom stereocenters. The fraction of sp³-hybridized carbons (Fsp3) is 0.571. The number of nitrogen functional groups attached to an aromatic ring is 1. The van der Waals surface area contributed by atoms with Crippen LogP contribution < -0.4 is 15.4 Å². The number of hydrogen-bond donors (Lipinski definition) is 2. The quantitative estimate of drug-likeness (QED) is 0.801. The van der Waals surface area contributed by atoms with Crippen LogP contribution in [-0.4, -0.2) is 31.4 Å². The Bertz CT molecular complexity index is 395. The van der Waals surface area contributed by atoms with Gasteiger partial charge in [-0.25, -0.2) is 0 Å². The Balaban J connectivity index is 2.19. The minimum absolute atomic E-state index is 0.252. The summed E-state index contributed by atoms with van der Waals surface area (Å²) in [7, 11) is 0. The molecule has 1 aliphatic heterocycles.